The summed E-state index contributed by atoms with van der Waals surface area (Å²) in [6.07, 6.45) is 0. The van der Waals surface area contributed by atoms with E-state index in [-0.39, 0.29) is 0 Å². The number of rotatable bonds is 9. The zero-order valence-corrected chi connectivity index (χ0v) is 29.3. The number of thiophene rings is 1. The summed E-state index contributed by atoms with van der Waals surface area (Å²) in [5.74, 6) is 0. The molecule has 1 aromatic heterocycles. The van der Waals surface area contributed by atoms with Crippen LogP contribution in [0.3, 0.4) is 0 Å². The number of nitrogens with zero attached hydrogens (tertiary/aromatic N) is 3. The number of para-hydroxylation sites is 4. The highest BCUT2D eigenvalue weighted by molar-refractivity contribution is 7.25. The largest absolute Gasteiger partial charge is 0.310 e. The minimum atomic E-state index is 1.06. The van der Waals surface area contributed by atoms with Crippen molar-refractivity contribution in [2.45, 2.75) is 0 Å². The molecule has 0 bridgehead atoms. The Morgan fingerprint density at radius 3 is 1.00 bits per heavy atom. The lowest BCUT2D eigenvalue weighted by Crippen LogP contribution is -2.14. The number of benzene rings is 8. The Balaban J connectivity index is 1.19. The fourth-order valence-corrected chi connectivity index (χ4v) is 8.13. The van der Waals surface area contributed by atoms with Crippen LogP contribution in [-0.4, -0.2) is 0 Å². The highest BCUT2D eigenvalue weighted by atomic mass is 32.1. The molecule has 0 atom stereocenters. The molecule has 0 saturated carbocycles. The van der Waals surface area contributed by atoms with Gasteiger partial charge in [0.25, 0.3) is 0 Å². The van der Waals surface area contributed by atoms with Crippen molar-refractivity contribution in [1.29, 1.82) is 0 Å². The average molecular weight is 686 g/mol. The zero-order valence-electron chi connectivity index (χ0n) is 28.5. The van der Waals surface area contributed by atoms with Crippen LogP contribution in [0.1, 0.15) is 0 Å². The molecule has 3 nitrogen and oxygen atoms in total. The third kappa shape index (κ3) is 6.06. The van der Waals surface area contributed by atoms with E-state index in [0.29, 0.717) is 0 Å². The Morgan fingerprint density at radius 1 is 0.231 bits per heavy atom. The summed E-state index contributed by atoms with van der Waals surface area (Å²) < 4.78 is 2.60. The van der Waals surface area contributed by atoms with Crippen molar-refractivity contribution >= 4 is 82.7 Å². The van der Waals surface area contributed by atoms with Crippen LogP contribution in [0.15, 0.2) is 212 Å². The summed E-state index contributed by atoms with van der Waals surface area (Å²) in [6.45, 7) is 0. The molecule has 52 heavy (non-hydrogen) atoms. The summed E-state index contributed by atoms with van der Waals surface area (Å²) in [6, 6.07) is 75.7. The van der Waals surface area contributed by atoms with E-state index in [1.165, 1.54) is 20.2 Å². The Bertz CT molecular complexity index is 2550. The van der Waals surface area contributed by atoms with Crippen molar-refractivity contribution in [3.63, 3.8) is 0 Å². The first-order valence-corrected chi connectivity index (χ1v) is 18.3. The molecule has 0 fully saturated rings. The summed E-state index contributed by atoms with van der Waals surface area (Å²) in [7, 11) is 0. The lowest BCUT2D eigenvalue weighted by molar-refractivity contribution is 1.24. The SMILES string of the molecule is c1ccc(N(c2ccccc2)c2cccc(N(c3ccccc3)c3cccc(N(c4ccccc4)c4ccc5sc6ccccc6c5c4)c3)c2)cc1. The second kappa shape index (κ2) is 13.9. The molecule has 248 valence electrons. The van der Waals surface area contributed by atoms with E-state index < -0.39 is 0 Å². The molecule has 9 aromatic rings. The van der Waals surface area contributed by atoms with E-state index in [1.807, 2.05) is 11.3 Å². The van der Waals surface area contributed by atoms with Crippen LogP contribution in [0.4, 0.5) is 51.2 Å². The number of fused-ring (bicyclic) bond motifs is 3. The maximum Gasteiger partial charge on any atom is 0.0482 e. The van der Waals surface area contributed by atoms with Gasteiger partial charge in [-0.3, -0.25) is 0 Å². The van der Waals surface area contributed by atoms with Crippen molar-refractivity contribution in [3.8, 4) is 0 Å². The molecule has 1 heterocycles. The smallest absolute Gasteiger partial charge is 0.0482 e. The molecule has 0 saturated heterocycles. The van der Waals surface area contributed by atoms with Gasteiger partial charge >= 0.3 is 0 Å². The number of hydrogen-bond donors (Lipinski definition) is 0. The fraction of sp³-hybridized carbons (Fsp3) is 0. The molecule has 8 aromatic carbocycles. The topological polar surface area (TPSA) is 9.72 Å². The average Bonchev–Trinajstić information content (AvgIpc) is 3.58. The van der Waals surface area contributed by atoms with E-state index in [9.17, 15) is 0 Å². The number of hydrogen-bond acceptors (Lipinski definition) is 4. The van der Waals surface area contributed by atoms with Crippen molar-refractivity contribution in [2.75, 3.05) is 14.7 Å². The van der Waals surface area contributed by atoms with Crippen LogP contribution >= 0.6 is 11.3 Å². The highest BCUT2D eigenvalue weighted by Crippen LogP contribution is 2.44. The maximum absolute atomic E-state index is 2.36. The molecule has 9 rings (SSSR count). The lowest BCUT2D eigenvalue weighted by atomic mass is 10.1. The van der Waals surface area contributed by atoms with Crippen LogP contribution < -0.4 is 14.7 Å². The zero-order chi connectivity index (χ0) is 34.7. The molecule has 0 aliphatic heterocycles. The Hall–Kier alpha value is -6.62. The van der Waals surface area contributed by atoms with Gasteiger partial charge in [0, 0.05) is 71.4 Å². The normalized spacial score (nSPS) is 11.1. The molecular formula is C48H35N3S. The minimum absolute atomic E-state index is 1.06. The van der Waals surface area contributed by atoms with Crippen LogP contribution in [-0.2, 0) is 0 Å². The van der Waals surface area contributed by atoms with E-state index >= 15 is 0 Å². The van der Waals surface area contributed by atoms with Gasteiger partial charge in [0.15, 0.2) is 0 Å². The third-order valence-electron chi connectivity index (χ3n) is 9.37. The first kappa shape index (κ1) is 31.4. The van der Waals surface area contributed by atoms with E-state index in [4.69, 9.17) is 0 Å². The van der Waals surface area contributed by atoms with Gasteiger partial charge in [0.1, 0.15) is 0 Å². The van der Waals surface area contributed by atoms with Crippen molar-refractivity contribution in [3.05, 3.63) is 212 Å². The van der Waals surface area contributed by atoms with Gasteiger partial charge < -0.3 is 14.7 Å². The van der Waals surface area contributed by atoms with Crippen LogP contribution in [0.2, 0.25) is 0 Å². The van der Waals surface area contributed by atoms with Crippen LogP contribution in [0.25, 0.3) is 20.2 Å². The molecular weight excluding hydrogens is 651 g/mol. The van der Waals surface area contributed by atoms with Crippen molar-refractivity contribution in [2.24, 2.45) is 0 Å². The maximum atomic E-state index is 2.36. The standard InChI is InChI=1S/C48H35N3S/c1-5-17-36(18-6-1)49(37-19-7-2-8-20-37)40-25-15-26-41(33-40)50(38-21-9-3-10-22-38)42-27-16-28-43(34-42)51(39-23-11-4-12-24-39)44-31-32-48-46(35-44)45-29-13-14-30-47(45)52-48/h1-35H. The molecule has 0 radical (unpaired) electrons. The molecule has 0 aliphatic carbocycles. The highest BCUT2D eigenvalue weighted by Gasteiger charge is 2.20. The molecule has 0 N–H and O–H groups in total. The minimum Gasteiger partial charge on any atom is -0.310 e. The summed E-state index contributed by atoms with van der Waals surface area (Å²) in [5.41, 5.74) is 9.80. The Labute approximate surface area is 308 Å². The Kier molecular flexibility index (Phi) is 8.41. The lowest BCUT2D eigenvalue weighted by Gasteiger charge is -2.31. The molecule has 0 amide bonds. The molecule has 4 heteroatoms. The van der Waals surface area contributed by atoms with Crippen molar-refractivity contribution in [1.82, 2.24) is 0 Å². The van der Waals surface area contributed by atoms with Gasteiger partial charge in [-0.1, -0.05) is 103 Å². The van der Waals surface area contributed by atoms with E-state index in [1.54, 1.807) is 0 Å². The summed E-state index contributed by atoms with van der Waals surface area (Å²) >= 11 is 1.85. The van der Waals surface area contributed by atoms with Gasteiger partial charge in [-0.15, -0.1) is 11.3 Å². The first-order valence-electron chi connectivity index (χ1n) is 17.5. The summed E-state index contributed by atoms with van der Waals surface area (Å²) in [5, 5.41) is 2.57. The monoisotopic (exact) mass is 685 g/mol. The van der Waals surface area contributed by atoms with Crippen LogP contribution in [0.5, 0.6) is 0 Å². The molecule has 0 aliphatic rings. The number of anilines is 9. The van der Waals surface area contributed by atoms with E-state index in [0.717, 1.165) is 51.2 Å². The van der Waals surface area contributed by atoms with E-state index in [2.05, 4.69) is 227 Å². The fourth-order valence-electron chi connectivity index (χ4n) is 7.05. The predicted octanol–water partition coefficient (Wildman–Crippen LogP) is 14.5. The van der Waals surface area contributed by atoms with Gasteiger partial charge in [0.05, 0.1) is 0 Å². The van der Waals surface area contributed by atoms with Crippen LogP contribution in [0, 0.1) is 0 Å². The molecule has 0 unspecified atom stereocenters. The van der Waals surface area contributed by atoms with Gasteiger partial charge in [-0.25, -0.2) is 0 Å². The second-order valence-electron chi connectivity index (χ2n) is 12.7. The first-order chi connectivity index (χ1) is 25.8. The second-order valence-corrected chi connectivity index (χ2v) is 13.8. The molecule has 0 spiro atoms. The Morgan fingerprint density at radius 2 is 0.558 bits per heavy atom. The van der Waals surface area contributed by atoms with Crippen molar-refractivity contribution < 1.29 is 0 Å². The van der Waals surface area contributed by atoms with Gasteiger partial charge in [-0.2, -0.15) is 0 Å². The quantitative estimate of drug-likeness (QED) is 0.150. The van der Waals surface area contributed by atoms with Gasteiger partial charge in [-0.05, 0) is 109 Å². The summed E-state index contributed by atoms with van der Waals surface area (Å²) in [4.78, 5) is 7.02. The van der Waals surface area contributed by atoms with Gasteiger partial charge in [0.2, 0.25) is 0 Å². The predicted molar refractivity (Wildman–Crippen MR) is 223 cm³/mol. The third-order valence-corrected chi connectivity index (χ3v) is 10.5.